The van der Waals surface area contributed by atoms with Gasteiger partial charge in [0.2, 0.25) is 0 Å². The molecule has 0 aromatic heterocycles. The van der Waals surface area contributed by atoms with Crippen molar-refractivity contribution in [3.63, 3.8) is 0 Å². The number of phosphoric ester groups is 1. The predicted molar refractivity (Wildman–Crippen MR) is 70.7 cm³/mol. The average Bonchev–Trinajstić information content (AvgIpc) is 2.32. The molecule has 0 aliphatic heterocycles. The predicted octanol–water partition coefficient (Wildman–Crippen LogP) is 2.75. The Kier molecular flexibility index (Phi) is 6.36. The van der Waals surface area contributed by atoms with E-state index in [-0.39, 0.29) is 13.2 Å². The minimum absolute atomic E-state index is 0.266. The Morgan fingerprint density at radius 2 is 1.67 bits per heavy atom. The second-order valence-electron chi connectivity index (χ2n) is 3.56. The van der Waals surface area contributed by atoms with Crippen LogP contribution in [0.5, 0.6) is 5.75 Å². The maximum Gasteiger partial charge on any atom is 0.530 e. The van der Waals surface area contributed by atoms with Gasteiger partial charge < -0.3 is 10.3 Å². The largest absolute Gasteiger partial charge is 0.530 e. The van der Waals surface area contributed by atoms with E-state index in [2.05, 4.69) is 0 Å². The summed E-state index contributed by atoms with van der Waals surface area (Å²) in [6.07, 6.45) is 0.800. The fraction of sp³-hybridized carbons (Fsp3) is 0.500. The zero-order valence-corrected chi connectivity index (χ0v) is 11.7. The molecule has 0 spiro atoms. The lowest BCUT2D eigenvalue weighted by molar-refractivity contribution is 0.167. The molecule has 0 bridgehead atoms. The van der Waals surface area contributed by atoms with Crippen LogP contribution >= 0.6 is 7.82 Å². The van der Waals surface area contributed by atoms with Crippen LogP contribution in [0.1, 0.15) is 19.4 Å². The normalized spacial score (nSPS) is 11.5. The third-order valence-corrected chi connectivity index (χ3v) is 3.73. The van der Waals surface area contributed by atoms with Gasteiger partial charge in [-0.05, 0) is 44.5 Å². The van der Waals surface area contributed by atoms with E-state index in [1.807, 2.05) is 12.1 Å². The van der Waals surface area contributed by atoms with Crippen molar-refractivity contribution in [1.29, 1.82) is 0 Å². The minimum atomic E-state index is -3.50. The second-order valence-corrected chi connectivity index (χ2v) is 5.15. The van der Waals surface area contributed by atoms with Crippen LogP contribution in [-0.4, -0.2) is 19.8 Å². The first kappa shape index (κ1) is 15.2. The van der Waals surface area contributed by atoms with Gasteiger partial charge in [-0.2, -0.15) is 0 Å². The van der Waals surface area contributed by atoms with Crippen LogP contribution in [0.25, 0.3) is 0 Å². The summed E-state index contributed by atoms with van der Waals surface area (Å²) in [7, 11) is -3.50. The summed E-state index contributed by atoms with van der Waals surface area (Å²) in [6.45, 7) is 4.60. The highest BCUT2D eigenvalue weighted by Crippen LogP contribution is 2.49. The zero-order chi connectivity index (χ0) is 13.4. The van der Waals surface area contributed by atoms with Crippen LogP contribution in [0.15, 0.2) is 24.3 Å². The van der Waals surface area contributed by atoms with Gasteiger partial charge in [0.25, 0.3) is 0 Å². The first-order chi connectivity index (χ1) is 8.63. The van der Waals surface area contributed by atoms with Crippen LogP contribution in [-0.2, 0) is 20.0 Å². The van der Waals surface area contributed by atoms with E-state index in [0.29, 0.717) is 12.3 Å². The summed E-state index contributed by atoms with van der Waals surface area (Å²) in [5.74, 6) is 0.459. The lowest BCUT2D eigenvalue weighted by Crippen LogP contribution is -2.03. The third-order valence-electron chi connectivity index (χ3n) is 2.15. The number of benzene rings is 1. The lowest BCUT2D eigenvalue weighted by atomic mass is 10.1. The SMILES string of the molecule is CCOP(=O)(OCC)Oc1ccc(CCN)cc1. The number of hydrogen-bond acceptors (Lipinski definition) is 5. The Bertz CT molecular complexity index is 384. The van der Waals surface area contributed by atoms with Crippen LogP contribution in [0, 0.1) is 0 Å². The van der Waals surface area contributed by atoms with E-state index in [1.165, 1.54) is 0 Å². The van der Waals surface area contributed by atoms with Crippen LogP contribution in [0.3, 0.4) is 0 Å². The quantitative estimate of drug-likeness (QED) is 0.737. The minimum Gasteiger partial charge on any atom is -0.404 e. The van der Waals surface area contributed by atoms with E-state index in [0.717, 1.165) is 12.0 Å². The first-order valence-corrected chi connectivity index (χ1v) is 7.47. The maximum atomic E-state index is 12.1. The molecule has 1 rings (SSSR count). The van der Waals surface area contributed by atoms with Gasteiger partial charge in [-0.3, -0.25) is 9.05 Å². The van der Waals surface area contributed by atoms with Crippen molar-refractivity contribution >= 4 is 7.82 Å². The molecule has 0 atom stereocenters. The van der Waals surface area contributed by atoms with Gasteiger partial charge in [0.15, 0.2) is 0 Å². The third kappa shape index (κ3) is 4.78. The van der Waals surface area contributed by atoms with Gasteiger partial charge in [-0.25, -0.2) is 4.57 Å². The number of rotatable bonds is 8. The molecule has 18 heavy (non-hydrogen) atoms. The van der Waals surface area contributed by atoms with Crippen molar-refractivity contribution in [2.45, 2.75) is 20.3 Å². The van der Waals surface area contributed by atoms with Gasteiger partial charge in [0, 0.05) is 0 Å². The highest BCUT2D eigenvalue weighted by molar-refractivity contribution is 7.48. The lowest BCUT2D eigenvalue weighted by Gasteiger charge is -2.17. The molecule has 0 radical (unpaired) electrons. The molecule has 0 amide bonds. The molecular weight excluding hydrogens is 253 g/mol. The molecule has 1 aromatic rings. The van der Waals surface area contributed by atoms with E-state index < -0.39 is 7.82 Å². The van der Waals surface area contributed by atoms with E-state index in [1.54, 1.807) is 26.0 Å². The molecular formula is C12H20NO4P. The Balaban J connectivity index is 2.71. The Labute approximate surface area is 108 Å². The Morgan fingerprint density at radius 1 is 1.11 bits per heavy atom. The zero-order valence-electron chi connectivity index (χ0n) is 10.8. The molecule has 0 fully saturated rings. The molecule has 102 valence electrons. The van der Waals surface area contributed by atoms with Gasteiger partial charge in [-0.1, -0.05) is 12.1 Å². The van der Waals surface area contributed by atoms with Gasteiger partial charge in [0.05, 0.1) is 13.2 Å². The molecule has 0 aliphatic rings. The summed E-state index contributed by atoms with van der Waals surface area (Å²) in [6, 6.07) is 7.22. The van der Waals surface area contributed by atoms with Crippen LogP contribution < -0.4 is 10.3 Å². The fourth-order valence-electron chi connectivity index (χ4n) is 1.42. The average molecular weight is 273 g/mol. The van der Waals surface area contributed by atoms with E-state index in [4.69, 9.17) is 19.3 Å². The number of hydrogen-bond donors (Lipinski definition) is 1. The maximum absolute atomic E-state index is 12.1. The van der Waals surface area contributed by atoms with Gasteiger partial charge in [-0.15, -0.1) is 0 Å². The highest BCUT2D eigenvalue weighted by Gasteiger charge is 2.27. The molecule has 0 saturated carbocycles. The number of phosphoric acid groups is 1. The summed E-state index contributed by atoms with van der Waals surface area (Å²) < 4.78 is 27.5. The van der Waals surface area contributed by atoms with Crippen molar-refractivity contribution in [1.82, 2.24) is 0 Å². The van der Waals surface area contributed by atoms with Crippen LogP contribution in [0.4, 0.5) is 0 Å². The molecule has 1 aromatic carbocycles. The fourth-order valence-corrected chi connectivity index (χ4v) is 2.61. The number of nitrogens with two attached hydrogens (primary N) is 1. The second kappa shape index (κ2) is 7.54. The molecule has 0 unspecified atom stereocenters. The van der Waals surface area contributed by atoms with Gasteiger partial charge >= 0.3 is 7.82 Å². The summed E-state index contributed by atoms with van der Waals surface area (Å²) in [5, 5.41) is 0. The molecule has 0 aliphatic carbocycles. The Morgan fingerprint density at radius 3 is 2.11 bits per heavy atom. The Hall–Kier alpha value is -0.870. The summed E-state index contributed by atoms with van der Waals surface area (Å²) in [4.78, 5) is 0. The van der Waals surface area contributed by atoms with Crippen molar-refractivity contribution < 1.29 is 18.1 Å². The van der Waals surface area contributed by atoms with Crippen molar-refractivity contribution in [3.8, 4) is 5.75 Å². The highest BCUT2D eigenvalue weighted by atomic mass is 31.2. The summed E-state index contributed by atoms with van der Waals surface area (Å²) in [5.41, 5.74) is 6.57. The molecule has 0 heterocycles. The van der Waals surface area contributed by atoms with E-state index >= 15 is 0 Å². The van der Waals surface area contributed by atoms with Crippen molar-refractivity contribution in [2.24, 2.45) is 5.73 Å². The molecule has 5 nitrogen and oxygen atoms in total. The van der Waals surface area contributed by atoms with Crippen molar-refractivity contribution in [3.05, 3.63) is 29.8 Å². The monoisotopic (exact) mass is 273 g/mol. The first-order valence-electron chi connectivity index (χ1n) is 6.01. The standard InChI is InChI=1S/C12H20NO4P/c1-3-15-18(14,16-4-2)17-12-7-5-11(6-8-12)9-10-13/h5-8H,3-4,9-10,13H2,1-2H3. The van der Waals surface area contributed by atoms with E-state index in [9.17, 15) is 4.57 Å². The molecule has 0 saturated heterocycles. The van der Waals surface area contributed by atoms with Crippen LogP contribution in [0.2, 0.25) is 0 Å². The molecule has 6 heteroatoms. The topological polar surface area (TPSA) is 70.8 Å². The smallest absolute Gasteiger partial charge is 0.404 e. The molecule has 2 N–H and O–H groups in total. The van der Waals surface area contributed by atoms with Gasteiger partial charge in [0.1, 0.15) is 5.75 Å². The summed E-state index contributed by atoms with van der Waals surface area (Å²) >= 11 is 0. The van der Waals surface area contributed by atoms with Crippen molar-refractivity contribution in [2.75, 3.05) is 19.8 Å².